The average molecular weight is 448 g/mol. The first kappa shape index (κ1) is 20.4. The number of ether oxygens (including phenoxy) is 1. The SMILES string of the molecule is CC1NC/C(=c2/[nH]c(=O)/c(=C/c3ccc4c(c3)N(C(=O)c3ccccc3)CCO4)s2)C1=O. The zero-order valence-corrected chi connectivity index (χ0v) is 18.2. The number of ketones is 1. The van der Waals surface area contributed by atoms with Gasteiger partial charge in [0.25, 0.3) is 11.5 Å². The van der Waals surface area contributed by atoms with Gasteiger partial charge in [0, 0.05) is 17.7 Å². The van der Waals surface area contributed by atoms with Crippen LogP contribution in [0.4, 0.5) is 5.69 Å². The van der Waals surface area contributed by atoms with Crippen molar-refractivity contribution in [2.75, 3.05) is 24.6 Å². The van der Waals surface area contributed by atoms with Crippen LogP contribution >= 0.6 is 11.3 Å². The van der Waals surface area contributed by atoms with E-state index >= 15 is 0 Å². The number of carbonyl (C=O) groups excluding carboxylic acids is 2. The molecule has 1 aromatic heterocycles. The lowest BCUT2D eigenvalue weighted by atomic mass is 10.1. The van der Waals surface area contributed by atoms with Crippen LogP contribution < -0.4 is 29.7 Å². The lowest BCUT2D eigenvalue weighted by molar-refractivity contribution is -0.114. The maximum atomic E-state index is 13.1. The number of thiazole rings is 1. The highest BCUT2D eigenvalue weighted by Crippen LogP contribution is 2.33. The monoisotopic (exact) mass is 447 g/mol. The van der Waals surface area contributed by atoms with E-state index < -0.39 is 0 Å². The number of Topliss-reactive ketones (excluding diaryl/α,β-unsaturated/α-hetero) is 1. The predicted molar refractivity (Wildman–Crippen MR) is 124 cm³/mol. The Morgan fingerprint density at radius 2 is 2.00 bits per heavy atom. The molecule has 7 nitrogen and oxygen atoms in total. The highest BCUT2D eigenvalue weighted by molar-refractivity contribution is 7.07. The number of benzene rings is 2. The molecule has 0 spiro atoms. The molecule has 2 N–H and O–H groups in total. The normalized spacial score (nSPS) is 20.3. The van der Waals surface area contributed by atoms with Gasteiger partial charge in [-0.2, -0.15) is 0 Å². The van der Waals surface area contributed by atoms with Crippen molar-refractivity contribution in [2.24, 2.45) is 0 Å². The van der Waals surface area contributed by atoms with Crippen LogP contribution in [0.3, 0.4) is 0 Å². The molecule has 5 rings (SSSR count). The number of carbonyl (C=O) groups is 2. The highest BCUT2D eigenvalue weighted by Gasteiger charge is 2.26. The molecule has 32 heavy (non-hydrogen) atoms. The average Bonchev–Trinajstić information content (AvgIpc) is 3.34. The van der Waals surface area contributed by atoms with Gasteiger partial charge in [0.15, 0.2) is 5.78 Å². The van der Waals surface area contributed by atoms with Crippen molar-refractivity contribution in [3.05, 3.63) is 79.2 Å². The van der Waals surface area contributed by atoms with E-state index in [1.54, 1.807) is 23.1 Å². The van der Waals surface area contributed by atoms with Crippen LogP contribution in [0.2, 0.25) is 0 Å². The van der Waals surface area contributed by atoms with Gasteiger partial charge in [0.05, 0.1) is 22.8 Å². The number of hydrogen-bond donors (Lipinski definition) is 2. The smallest absolute Gasteiger partial charge is 0.266 e. The molecule has 1 fully saturated rings. The Kier molecular flexibility index (Phi) is 5.24. The summed E-state index contributed by atoms with van der Waals surface area (Å²) in [5.41, 5.74) is 2.42. The van der Waals surface area contributed by atoms with Crippen molar-refractivity contribution < 1.29 is 14.3 Å². The summed E-state index contributed by atoms with van der Waals surface area (Å²) in [6.07, 6.45) is 1.77. The molecule has 2 aliphatic rings. The van der Waals surface area contributed by atoms with Crippen molar-refractivity contribution in [1.29, 1.82) is 0 Å². The first-order valence-electron chi connectivity index (χ1n) is 10.4. The minimum absolute atomic E-state index is 0.00930. The summed E-state index contributed by atoms with van der Waals surface area (Å²) < 4.78 is 6.83. The molecular weight excluding hydrogens is 426 g/mol. The molecule has 1 amide bonds. The van der Waals surface area contributed by atoms with Gasteiger partial charge in [-0.3, -0.25) is 14.4 Å². The Labute approximate surface area is 187 Å². The summed E-state index contributed by atoms with van der Waals surface area (Å²) in [5, 5.41) is 3.10. The molecule has 2 aliphatic heterocycles. The zero-order chi connectivity index (χ0) is 22.2. The highest BCUT2D eigenvalue weighted by atomic mass is 32.1. The number of fused-ring (bicyclic) bond motifs is 1. The van der Waals surface area contributed by atoms with Crippen molar-refractivity contribution in [3.63, 3.8) is 0 Å². The molecule has 3 aromatic rings. The summed E-state index contributed by atoms with van der Waals surface area (Å²) in [5.74, 6) is 0.544. The quantitative estimate of drug-likeness (QED) is 0.612. The number of amides is 1. The number of anilines is 1. The third kappa shape index (κ3) is 3.68. The van der Waals surface area contributed by atoms with Crippen molar-refractivity contribution in [1.82, 2.24) is 10.3 Å². The van der Waals surface area contributed by atoms with Gasteiger partial charge in [0.2, 0.25) is 0 Å². The molecule has 1 atom stereocenters. The summed E-state index contributed by atoms with van der Waals surface area (Å²) in [4.78, 5) is 42.4. The molecule has 1 saturated heterocycles. The van der Waals surface area contributed by atoms with Gasteiger partial charge in [0.1, 0.15) is 17.0 Å². The Morgan fingerprint density at radius 1 is 1.19 bits per heavy atom. The number of aromatic amines is 1. The van der Waals surface area contributed by atoms with Crippen molar-refractivity contribution >= 4 is 40.4 Å². The van der Waals surface area contributed by atoms with E-state index in [0.717, 1.165) is 5.56 Å². The number of nitrogens with zero attached hydrogens (tertiary/aromatic N) is 1. The fraction of sp³-hybridized carbons (Fsp3) is 0.208. The zero-order valence-electron chi connectivity index (χ0n) is 17.4. The molecular formula is C24H21N3O4S. The Morgan fingerprint density at radius 3 is 2.75 bits per heavy atom. The molecule has 8 heteroatoms. The molecule has 162 valence electrons. The van der Waals surface area contributed by atoms with Gasteiger partial charge < -0.3 is 19.9 Å². The van der Waals surface area contributed by atoms with Crippen molar-refractivity contribution in [3.8, 4) is 5.75 Å². The van der Waals surface area contributed by atoms with E-state index in [-0.39, 0.29) is 23.3 Å². The third-order valence-corrected chi connectivity index (χ3v) is 6.70. The summed E-state index contributed by atoms with van der Waals surface area (Å²) in [6.45, 7) is 3.12. The maximum absolute atomic E-state index is 13.1. The molecule has 1 unspecified atom stereocenters. The van der Waals surface area contributed by atoms with Crippen LogP contribution in [0.5, 0.6) is 5.75 Å². The number of H-pyrrole nitrogens is 1. The van der Waals surface area contributed by atoms with E-state index in [9.17, 15) is 14.4 Å². The first-order chi connectivity index (χ1) is 15.5. The molecule has 0 aliphatic carbocycles. The first-order valence-corrected chi connectivity index (χ1v) is 11.2. The van der Waals surface area contributed by atoms with Gasteiger partial charge in [-0.15, -0.1) is 11.3 Å². The van der Waals surface area contributed by atoms with Crippen LogP contribution in [0.15, 0.2) is 53.3 Å². The minimum atomic E-state index is -0.240. The fourth-order valence-electron chi connectivity index (χ4n) is 3.89. The number of aromatic nitrogens is 1. The lowest BCUT2D eigenvalue weighted by Gasteiger charge is -2.30. The molecule has 2 aromatic carbocycles. The summed E-state index contributed by atoms with van der Waals surface area (Å²) >= 11 is 1.27. The van der Waals surface area contributed by atoms with Crippen LogP contribution in [0.1, 0.15) is 22.8 Å². The van der Waals surface area contributed by atoms with Crippen LogP contribution in [0, 0.1) is 0 Å². The van der Waals surface area contributed by atoms with Crippen LogP contribution in [0.25, 0.3) is 11.6 Å². The van der Waals surface area contributed by atoms with Gasteiger partial charge in [-0.25, -0.2) is 0 Å². The Bertz CT molecular complexity index is 1390. The topological polar surface area (TPSA) is 91.5 Å². The second-order valence-corrected chi connectivity index (χ2v) is 8.79. The fourth-order valence-corrected chi connectivity index (χ4v) is 4.89. The summed E-state index contributed by atoms with van der Waals surface area (Å²) in [7, 11) is 0. The van der Waals surface area contributed by atoms with Crippen LogP contribution in [-0.4, -0.2) is 42.4 Å². The lowest BCUT2D eigenvalue weighted by Crippen LogP contribution is -2.38. The molecule has 0 bridgehead atoms. The molecule has 3 heterocycles. The van der Waals surface area contributed by atoms with E-state index in [4.69, 9.17) is 4.74 Å². The largest absolute Gasteiger partial charge is 0.490 e. The van der Waals surface area contributed by atoms with Gasteiger partial charge >= 0.3 is 0 Å². The summed E-state index contributed by atoms with van der Waals surface area (Å²) in [6, 6.07) is 14.4. The van der Waals surface area contributed by atoms with Crippen molar-refractivity contribution in [2.45, 2.75) is 13.0 Å². The van der Waals surface area contributed by atoms with Gasteiger partial charge in [-0.1, -0.05) is 24.3 Å². The predicted octanol–water partition coefficient (Wildman–Crippen LogP) is 1.02. The standard InChI is InChI=1S/C24H21N3O4S/c1-14-21(28)17(13-25-14)23-26-22(29)20(32-23)12-15-7-8-19-18(11-15)27(9-10-31-19)24(30)16-5-3-2-4-6-16/h2-8,11-12,14,25H,9-10,13H2,1H3,(H,26,29)/b20-12-,23-17+. The van der Waals surface area contributed by atoms with E-state index in [0.29, 0.717) is 51.5 Å². The second kappa shape index (κ2) is 8.22. The van der Waals surface area contributed by atoms with E-state index in [2.05, 4.69) is 10.3 Å². The number of hydrogen-bond acceptors (Lipinski definition) is 6. The minimum Gasteiger partial charge on any atom is -0.490 e. The molecule has 0 saturated carbocycles. The Balaban J connectivity index is 1.54. The van der Waals surface area contributed by atoms with Crippen LogP contribution in [-0.2, 0) is 4.79 Å². The van der Waals surface area contributed by atoms with E-state index in [1.165, 1.54) is 11.3 Å². The Hall–Kier alpha value is -3.49. The second-order valence-electron chi connectivity index (χ2n) is 7.74. The number of nitrogens with one attached hydrogen (secondary N) is 2. The number of rotatable bonds is 2. The third-order valence-electron chi connectivity index (χ3n) is 5.62. The molecule has 0 radical (unpaired) electrons. The maximum Gasteiger partial charge on any atom is 0.266 e. The van der Waals surface area contributed by atoms with E-state index in [1.807, 2.05) is 43.3 Å². The van der Waals surface area contributed by atoms with Gasteiger partial charge in [-0.05, 0) is 42.8 Å².